The average Bonchev–Trinajstić information content (AvgIpc) is 3.17. The number of fused-ring (bicyclic) bond motifs is 1. The van der Waals surface area contributed by atoms with Crippen molar-refractivity contribution in [2.45, 2.75) is 12.3 Å². The Kier molecular flexibility index (Phi) is 7.48. The van der Waals surface area contributed by atoms with Crippen molar-refractivity contribution in [1.29, 1.82) is 5.26 Å². The summed E-state index contributed by atoms with van der Waals surface area (Å²) in [4.78, 5) is 21.7. The molecule has 1 radical (unpaired) electrons. The molecule has 2 aromatic carbocycles. The second-order valence-electron chi connectivity index (χ2n) is 8.54. The lowest BCUT2D eigenvalue weighted by Gasteiger charge is -2.23. The van der Waals surface area contributed by atoms with Gasteiger partial charge >= 0.3 is 7.41 Å². The maximum absolute atomic E-state index is 13.8. The molecule has 1 aromatic heterocycles. The van der Waals surface area contributed by atoms with E-state index in [1.807, 2.05) is 13.0 Å². The molecule has 0 spiro atoms. The molecule has 1 aliphatic heterocycles. The molecule has 2 heterocycles. The van der Waals surface area contributed by atoms with E-state index >= 15 is 0 Å². The number of rotatable bonds is 10. The molecule has 11 heteroatoms. The van der Waals surface area contributed by atoms with E-state index in [1.54, 1.807) is 30.3 Å². The van der Waals surface area contributed by atoms with Crippen molar-refractivity contribution in [1.82, 2.24) is 9.97 Å². The third-order valence-electron chi connectivity index (χ3n) is 5.96. The van der Waals surface area contributed by atoms with Crippen molar-refractivity contribution in [3.05, 3.63) is 59.5 Å². The number of benzene rings is 2. The fraction of sp³-hybridized carbons (Fsp3) is 0.280. The van der Waals surface area contributed by atoms with E-state index in [2.05, 4.69) is 21.4 Å². The maximum Gasteiger partial charge on any atom is 0.329 e. The number of hydrogen-bond acceptors (Lipinski definition) is 9. The van der Waals surface area contributed by atoms with Gasteiger partial charge in [0.05, 0.1) is 30.2 Å². The zero-order chi connectivity index (χ0) is 25.7. The van der Waals surface area contributed by atoms with Gasteiger partial charge in [0.25, 0.3) is 0 Å². The van der Waals surface area contributed by atoms with Crippen LogP contribution in [-0.2, 0) is 14.9 Å². The molecule has 0 unspecified atom stereocenters. The lowest BCUT2D eigenvalue weighted by molar-refractivity contribution is 0.146. The van der Waals surface area contributed by atoms with Gasteiger partial charge in [-0.05, 0) is 35.9 Å². The molecule has 3 aromatic rings. The summed E-state index contributed by atoms with van der Waals surface area (Å²) in [5, 5.41) is 23.0. The van der Waals surface area contributed by atoms with Gasteiger partial charge in [0.2, 0.25) is 5.95 Å². The van der Waals surface area contributed by atoms with Gasteiger partial charge in [0.1, 0.15) is 30.4 Å². The second kappa shape index (κ2) is 10.7. The SMILES string of the molecule is COCCOc1cc(F)ccc1Nc1nccc(-c2cc(C#N)c3c(c2)[C@@](C)(CO)CN3[B]C=O)n1. The Morgan fingerprint density at radius 2 is 2.17 bits per heavy atom. The number of aromatic nitrogens is 2. The zero-order valence-corrected chi connectivity index (χ0v) is 19.9. The third kappa shape index (κ3) is 5.00. The fourth-order valence-electron chi connectivity index (χ4n) is 4.17. The van der Waals surface area contributed by atoms with E-state index in [-0.39, 0.29) is 24.9 Å². The van der Waals surface area contributed by atoms with Crippen LogP contribution in [0.25, 0.3) is 11.3 Å². The quantitative estimate of drug-likeness (QED) is 0.252. The minimum absolute atomic E-state index is 0.162. The fourth-order valence-corrected chi connectivity index (χ4v) is 4.17. The molecule has 0 amide bonds. The number of nitrogens with zero attached hydrogens (tertiary/aromatic N) is 4. The van der Waals surface area contributed by atoms with Crippen LogP contribution in [0, 0.1) is 17.1 Å². The molecule has 183 valence electrons. The Labute approximate surface area is 208 Å². The van der Waals surface area contributed by atoms with Crippen LogP contribution in [-0.4, -0.2) is 62.1 Å². The summed E-state index contributed by atoms with van der Waals surface area (Å²) in [5.41, 5.74) is 2.70. The number of aliphatic hydroxyl groups is 1. The Bertz CT molecular complexity index is 1320. The number of nitrogens with one attached hydrogen (secondary N) is 1. The first kappa shape index (κ1) is 25.1. The summed E-state index contributed by atoms with van der Waals surface area (Å²) < 4.78 is 24.4. The molecular weight excluding hydrogens is 464 g/mol. The number of ether oxygens (including phenoxy) is 2. The van der Waals surface area contributed by atoms with E-state index in [4.69, 9.17) is 9.47 Å². The molecular formula is C25H24BFN5O4. The minimum atomic E-state index is -0.673. The third-order valence-corrected chi connectivity index (χ3v) is 5.96. The summed E-state index contributed by atoms with van der Waals surface area (Å²) in [7, 11) is 2.91. The van der Waals surface area contributed by atoms with Crippen LogP contribution in [0.1, 0.15) is 18.1 Å². The van der Waals surface area contributed by atoms with Crippen LogP contribution in [0.2, 0.25) is 0 Å². The number of hydrogen-bond donors (Lipinski definition) is 2. The average molecular weight is 488 g/mol. The van der Waals surface area contributed by atoms with Gasteiger partial charge in [-0.15, -0.1) is 0 Å². The normalized spacial score (nSPS) is 16.2. The van der Waals surface area contributed by atoms with Gasteiger partial charge in [-0.1, -0.05) is 6.92 Å². The van der Waals surface area contributed by atoms with Gasteiger partial charge in [-0.2, -0.15) is 5.26 Å². The highest BCUT2D eigenvalue weighted by molar-refractivity contribution is 6.70. The largest absolute Gasteiger partial charge is 0.489 e. The summed E-state index contributed by atoms with van der Waals surface area (Å²) in [6.07, 6.45) is 2.23. The lowest BCUT2D eigenvalue weighted by atomic mass is 9.83. The number of carbonyl (C=O) groups excluding carboxylic acids is 1. The molecule has 0 saturated carbocycles. The molecule has 0 bridgehead atoms. The highest BCUT2D eigenvalue weighted by Crippen LogP contribution is 2.44. The zero-order valence-electron chi connectivity index (χ0n) is 19.9. The van der Waals surface area contributed by atoms with E-state index in [9.17, 15) is 19.6 Å². The smallest absolute Gasteiger partial charge is 0.329 e. The topological polar surface area (TPSA) is 121 Å². The van der Waals surface area contributed by atoms with Gasteiger partial charge in [0.15, 0.2) is 0 Å². The molecule has 9 nitrogen and oxygen atoms in total. The number of halogens is 1. The highest BCUT2D eigenvalue weighted by atomic mass is 19.1. The first-order valence-electron chi connectivity index (χ1n) is 11.2. The summed E-state index contributed by atoms with van der Waals surface area (Å²) in [5.74, 6) is 0.0868. The number of anilines is 3. The predicted octanol–water partition coefficient (Wildman–Crippen LogP) is 2.80. The van der Waals surface area contributed by atoms with Gasteiger partial charge < -0.3 is 29.5 Å². The number of aliphatic hydroxyl groups excluding tert-OH is 1. The van der Waals surface area contributed by atoms with E-state index in [0.717, 1.165) is 5.56 Å². The van der Waals surface area contributed by atoms with Crippen molar-refractivity contribution in [3.63, 3.8) is 0 Å². The summed E-state index contributed by atoms with van der Waals surface area (Å²) in [6.45, 7) is 2.66. The van der Waals surface area contributed by atoms with Crippen molar-refractivity contribution in [3.8, 4) is 23.1 Å². The molecule has 1 aliphatic rings. The Morgan fingerprint density at radius 3 is 2.89 bits per heavy atom. The van der Waals surface area contributed by atoms with Crippen molar-refractivity contribution in [2.75, 3.05) is 43.6 Å². The maximum atomic E-state index is 13.8. The Balaban J connectivity index is 1.70. The van der Waals surface area contributed by atoms with Crippen molar-refractivity contribution in [2.24, 2.45) is 0 Å². The van der Waals surface area contributed by atoms with Crippen LogP contribution in [0.5, 0.6) is 5.75 Å². The molecule has 4 rings (SSSR count). The van der Waals surface area contributed by atoms with E-state index < -0.39 is 11.2 Å². The summed E-state index contributed by atoms with van der Waals surface area (Å²) in [6, 6.07) is 11.6. The standard InChI is InChI=1S/C25H24BFN5O4/c1-25(14-33)13-32(26-15-34)23-17(12-28)9-16(10-19(23)25)20-5-6-29-24(30-20)31-21-4-3-18(27)11-22(21)36-8-7-35-2/h3-6,9-11,15,33H,7-8,13-14H2,1-2H3,(H,29,30,31)/t25-/m1/s1. The minimum Gasteiger partial charge on any atom is -0.489 e. The monoisotopic (exact) mass is 488 g/mol. The molecule has 0 fully saturated rings. The molecule has 2 N–H and O–H groups in total. The van der Waals surface area contributed by atoms with Gasteiger partial charge in [-0.25, -0.2) is 14.4 Å². The highest BCUT2D eigenvalue weighted by Gasteiger charge is 2.40. The van der Waals surface area contributed by atoms with Crippen LogP contribution >= 0.6 is 0 Å². The van der Waals surface area contributed by atoms with Gasteiger partial charge in [-0.3, -0.25) is 0 Å². The number of nitriles is 1. The van der Waals surface area contributed by atoms with Crippen molar-refractivity contribution >= 4 is 30.9 Å². The Morgan fingerprint density at radius 1 is 1.33 bits per heavy atom. The number of carbonyl (C=O) groups is 1. The molecule has 0 aliphatic carbocycles. The van der Waals surface area contributed by atoms with Crippen LogP contribution in [0.3, 0.4) is 0 Å². The summed E-state index contributed by atoms with van der Waals surface area (Å²) >= 11 is 0. The molecule has 0 saturated heterocycles. The predicted molar refractivity (Wildman–Crippen MR) is 134 cm³/mol. The van der Waals surface area contributed by atoms with Crippen LogP contribution < -0.4 is 14.9 Å². The second-order valence-corrected chi connectivity index (χ2v) is 8.54. The number of methoxy groups -OCH3 is 1. The molecule has 1 atom stereocenters. The van der Waals surface area contributed by atoms with Gasteiger partial charge in [0, 0.05) is 42.6 Å². The van der Waals surface area contributed by atoms with Crippen LogP contribution in [0.4, 0.5) is 21.7 Å². The molecule has 36 heavy (non-hydrogen) atoms. The lowest BCUT2D eigenvalue weighted by Crippen LogP contribution is -2.36. The van der Waals surface area contributed by atoms with Crippen molar-refractivity contribution < 1.29 is 23.8 Å². The Hall–Kier alpha value is -4.01. The first-order valence-corrected chi connectivity index (χ1v) is 11.2. The van der Waals surface area contributed by atoms with Crippen LogP contribution in [0.15, 0.2) is 42.6 Å². The van der Waals surface area contributed by atoms with E-state index in [1.165, 1.54) is 25.6 Å². The first-order chi connectivity index (χ1) is 17.4. The van der Waals surface area contributed by atoms with E-state index in [0.29, 0.717) is 47.5 Å².